The van der Waals surface area contributed by atoms with Crippen molar-refractivity contribution in [2.45, 2.75) is 17.7 Å². The quantitative estimate of drug-likeness (QED) is 0.885. The summed E-state index contributed by atoms with van der Waals surface area (Å²) in [7, 11) is -1.52. The van der Waals surface area contributed by atoms with E-state index in [1.54, 1.807) is 0 Å². The SMILES string of the molecule is COc1c(C(C)C(=O)O)cc(F)c(S(C)(=O)=O)c1OC. The third kappa shape index (κ3) is 2.84. The first kappa shape index (κ1) is 16.2. The lowest BCUT2D eigenvalue weighted by Gasteiger charge is -2.18. The molecule has 0 heterocycles. The van der Waals surface area contributed by atoms with Crippen molar-refractivity contribution in [3.8, 4) is 11.5 Å². The molecule has 0 spiro atoms. The van der Waals surface area contributed by atoms with Crippen molar-refractivity contribution in [3.05, 3.63) is 17.4 Å². The minimum Gasteiger partial charge on any atom is -0.492 e. The number of ether oxygens (including phenoxy) is 2. The van der Waals surface area contributed by atoms with Crippen LogP contribution >= 0.6 is 0 Å². The molecule has 0 aliphatic rings. The largest absolute Gasteiger partial charge is 0.492 e. The number of halogens is 1. The lowest BCUT2D eigenvalue weighted by molar-refractivity contribution is -0.138. The molecule has 20 heavy (non-hydrogen) atoms. The number of carboxylic acid groups (broad SMARTS) is 1. The maximum absolute atomic E-state index is 14.0. The second-order valence-corrected chi connectivity index (χ2v) is 6.13. The van der Waals surface area contributed by atoms with E-state index in [1.165, 1.54) is 14.0 Å². The first-order valence-corrected chi connectivity index (χ1v) is 7.41. The van der Waals surface area contributed by atoms with E-state index in [0.29, 0.717) is 0 Å². The third-order valence-corrected chi connectivity index (χ3v) is 3.91. The van der Waals surface area contributed by atoms with Gasteiger partial charge in [-0.25, -0.2) is 12.8 Å². The Kier molecular flexibility index (Phi) is 4.59. The van der Waals surface area contributed by atoms with Crippen LogP contribution in [-0.2, 0) is 14.6 Å². The summed E-state index contributed by atoms with van der Waals surface area (Å²) in [4.78, 5) is 10.4. The molecule has 0 aliphatic heterocycles. The first-order valence-electron chi connectivity index (χ1n) is 5.52. The van der Waals surface area contributed by atoms with Gasteiger partial charge in [0.2, 0.25) is 0 Å². The Balaban J connectivity index is 3.78. The summed E-state index contributed by atoms with van der Waals surface area (Å²) in [6.45, 7) is 1.33. The molecule has 0 fully saturated rings. The maximum atomic E-state index is 14.0. The molecule has 8 heteroatoms. The molecule has 112 valence electrons. The van der Waals surface area contributed by atoms with Gasteiger partial charge in [0.05, 0.1) is 20.1 Å². The van der Waals surface area contributed by atoms with E-state index >= 15 is 0 Å². The molecule has 1 aromatic carbocycles. The normalized spacial score (nSPS) is 12.8. The smallest absolute Gasteiger partial charge is 0.310 e. The standard InChI is InChI=1S/C12H15FO6S/c1-6(12(14)15)7-5-8(13)11(20(4,16)17)10(19-3)9(7)18-2/h5-6H,1-4H3,(H,14,15). The number of aliphatic carboxylic acids is 1. The molecule has 0 aromatic heterocycles. The average Bonchev–Trinajstić information content (AvgIpc) is 2.34. The predicted molar refractivity (Wildman–Crippen MR) is 68.7 cm³/mol. The van der Waals surface area contributed by atoms with Crippen molar-refractivity contribution < 1.29 is 32.2 Å². The molecule has 0 aliphatic carbocycles. The fourth-order valence-electron chi connectivity index (χ4n) is 1.81. The number of hydrogen-bond acceptors (Lipinski definition) is 5. The Labute approximate surface area is 116 Å². The predicted octanol–water partition coefficient (Wildman–Crippen LogP) is 1.43. The molecule has 1 rings (SSSR count). The van der Waals surface area contributed by atoms with Gasteiger partial charge in [-0.05, 0) is 13.0 Å². The monoisotopic (exact) mass is 306 g/mol. The van der Waals surface area contributed by atoms with Crippen molar-refractivity contribution in [1.29, 1.82) is 0 Å². The Bertz CT molecular complexity index is 638. The molecule has 0 saturated carbocycles. The Morgan fingerprint density at radius 3 is 2.15 bits per heavy atom. The molecule has 0 saturated heterocycles. The van der Waals surface area contributed by atoms with Gasteiger partial charge in [-0.15, -0.1) is 0 Å². The summed E-state index contributed by atoms with van der Waals surface area (Å²) in [5.74, 6) is -3.80. The number of hydrogen-bond donors (Lipinski definition) is 1. The van der Waals surface area contributed by atoms with Crippen LogP contribution in [0.4, 0.5) is 4.39 Å². The number of benzene rings is 1. The van der Waals surface area contributed by atoms with E-state index in [9.17, 15) is 17.6 Å². The fourth-order valence-corrected chi connectivity index (χ4v) is 2.73. The molecule has 1 unspecified atom stereocenters. The molecular weight excluding hydrogens is 291 g/mol. The molecule has 6 nitrogen and oxygen atoms in total. The fraction of sp³-hybridized carbons (Fsp3) is 0.417. The number of methoxy groups -OCH3 is 2. The van der Waals surface area contributed by atoms with Crippen LogP contribution in [0.3, 0.4) is 0 Å². The zero-order valence-corrected chi connectivity index (χ0v) is 12.2. The van der Waals surface area contributed by atoms with Gasteiger partial charge in [-0.1, -0.05) is 0 Å². The number of carboxylic acids is 1. The summed E-state index contributed by atoms with van der Waals surface area (Å²) in [5, 5.41) is 9.00. The van der Waals surface area contributed by atoms with Crippen molar-refractivity contribution in [3.63, 3.8) is 0 Å². The molecule has 0 amide bonds. The number of carbonyl (C=O) groups is 1. The number of sulfone groups is 1. The zero-order chi connectivity index (χ0) is 15.7. The minimum absolute atomic E-state index is 0.00162. The second kappa shape index (κ2) is 5.66. The zero-order valence-electron chi connectivity index (χ0n) is 11.4. The lowest BCUT2D eigenvalue weighted by Crippen LogP contribution is -2.13. The Morgan fingerprint density at radius 2 is 1.80 bits per heavy atom. The third-order valence-electron chi connectivity index (χ3n) is 2.79. The van der Waals surface area contributed by atoms with Crippen LogP contribution in [0.15, 0.2) is 11.0 Å². The van der Waals surface area contributed by atoms with Crippen molar-refractivity contribution in [1.82, 2.24) is 0 Å². The topological polar surface area (TPSA) is 89.9 Å². The van der Waals surface area contributed by atoms with Gasteiger partial charge in [0, 0.05) is 11.8 Å². The van der Waals surface area contributed by atoms with Crippen LogP contribution in [0.5, 0.6) is 11.5 Å². The number of rotatable bonds is 5. The van der Waals surface area contributed by atoms with Gasteiger partial charge >= 0.3 is 5.97 Å². The van der Waals surface area contributed by atoms with Crippen LogP contribution in [0.1, 0.15) is 18.4 Å². The van der Waals surface area contributed by atoms with E-state index in [1.807, 2.05) is 0 Å². The summed E-state index contributed by atoms with van der Waals surface area (Å²) in [6.07, 6.45) is 0.827. The van der Waals surface area contributed by atoms with Gasteiger partial charge in [-0.2, -0.15) is 0 Å². The van der Waals surface area contributed by atoms with Crippen LogP contribution in [0.25, 0.3) is 0 Å². The summed E-state index contributed by atoms with van der Waals surface area (Å²) in [6, 6.07) is 0.844. The van der Waals surface area contributed by atoms with Gasteiger partial charge in [0.1, 0.15) is 10.7 Å². The van der Waals surface area contributed by atoms with E-state index in [-0.39, 0.29) is 17.1 Å². The molecule has 1 atom stereocenters. The molecule has 1 N–H and O–H groups in total. The highest BCUT2D eigenvalue weighted by Gasteiger charge is 2.30. The van der Waals surface area contributed by atoms with Crippen LogP contribution in [0, 0.1) is 5.82 Å². The second-order valence-electron chi connectivity index (χ2n) is 4.18. The van der Waals surface area contributed by atoms with Crippen LogP contribution in [-0.4, -0.2) is 40.0 Å². The minimum atomic E-state index is -3.90. The van der Waals surface area contributed by atoms with Crippen molar-refractivity contribution >= 4 is 15.8 Å². The van der Waals surface area contributed by atoms with E-state index in [2.05, 4.69) is 0 Å². The lowest BCUT2D eigenvalue weighted by atomic mass is 9.99. The Hall–Kier alpha value is -1.83. The Morgan fingerprint density at radius 1 is 1.30 bits per heavy atom. The van der Waals surface area contributed by atoms with Crippen LogP contribution < -0.4 is 9.47 Å². The maximum Gasteiger partial charge on any atom is 0.310 e. The van der Waals surface area contributed by atoms with Crippen molar-refractivity contribution in [2.24, 2.45) is 0 Å². The van der Waals surface area contributed by atoms with Gasteiger partial charge in [0.15, 0.2) is 21.3 Å². The molecule has 1 aromatic rings. The summed E-state index contributed by atoms with van der Waals surface area (Å²) < 4.78 is 47.2. The van der Waals surface area contributed by atoms with Crippen LogP contribution in [0.2, 0.25) is 0 Å². The van der Waals surface area contributed by atoms with E-state index < -0.39 is 32.4 Å². The first-order chi connectivity index (χ1) is 9.15. The van der Waals surface area contributed by atoms with E-state index in [4.69, 9.17) is 14.6 Å². The highest BCUT2D eigenvalue weighted by atomic mass is 32.2. The average molecular weight is 306 g/mol. The van der Waals surface area contributed by atoms with Crippen molar-refractivity contribution in [2.75, 3.05) is 20.5 Å². The summed E-state index contributed by atoms with van der Waals surface area (Å²) in [5.41, 5.74) is 0.00162. The highest BCUT2D eigenvalue weighted by molar-refractivity contribution is 7.90. The molecule has 0 radical (unpaired) electrons. The molecular formula is C12H15FO6S. The summed E-state index contributed by atoms with van der Waals surface area (Å²) >= 11 is 0. The van der Waals surface area contributed by atoms with E-state index in [0.717, 1.165) is 19.4 Å². The van der Waals surface area contributed by atoms with Gasteiger partial charge in [-0.3, -0.25) is 4.79 Å². The van der Waals surface area contributed by atoms with Gasteiger partial charge in [0.25, 0.3) is 0 Å². The van der Waals surface area contributed by atoms with Gasteiger partial charge < -0.3 is 14.6 Å². The highest BCUT2D eigenvalue weighted by Crippen LogP contribution is 2.42. The molecule has 0 bridgehead atoms.